The Bertz CT molecular complexity index is 577. The molecule has 0 aliphatic rings. The monoisotopic (exact) mass is 368 g/mol. The Hall–Kier alpha value is -2.04. The molecule has 5 heteroatoms. The summed E-state index contributed by atoms with van der Waals surface area (Å²) in [5.41, 5.74) is -0.425. The molecular weight excluding hydrogens is 341 g/mol. The number of allylic oxidation sites excluding steroid dienone is 1. The summed E-state index contributed by atoms with van der Waals surface area (Å²) in [5, 5.41) is 0. The molecule has 0 saturated carbocycles. The van der Waals surface area contributed by atoms with E-state index in [0.29, 0.717) is 12.2 Å². The van der Waals surface area contributed by atoms with Crippen LogP contribution in [0.3, 0.4) is 0 Å². The van der Waals surface area contributed by atoms with E-state index in [1.807, 2.05) is 6.08 Å². The number of carbonyl (C=O) groups is 1. The lowest BCUT2D eigenvalue weighted by Gasteiger charge is -2.06. The van der Waals surface area contributed by atoms with E-state index in [4.69, 9.17) is 4.74 Å². The van der Waals surface area contributed by atoms with Crippen molar-refractivity contribution in [3.8, 4) is 0 Å². The fraction of sp³-hybridized carbons (Fsp3) is 0.476. The largest absolute Gasteiger partial charge is 0.463 e. The second kappa shape index (κ2) is 12.3. The van der Waals surface area contributed by atoms with Crippen molar-refractivity contribution in [1.29, 1.82) is 0 Å². The fourth-order valence-corrected chi connectivity index (χ4v) is 2.48. The molecule has 0 aromatic heterocycles. The summed E-state index contributed by atoms with van der Waals surface area (Å²) >= 11 is 0. The van der Waals surface area contributed by atoms with Gasteiger partial charge in [0.2, 0.25) is 0 Å². The van der Waals surface area contributed by atoms with Gasteiger partial charge in [-0.1, -0.05) is 50.3 Å². The predicted octanol–water partition coefficient (Wildman–Crippen LogP) is 6.57. The molecule has 0 N–H and O–H groups in total. The molecule has 0 atom stereocenters. The SMILES string of the molecule is C=CCCCCCCCCCOC(=O)/C=C/c1cccc(C(F)(F)F)c1. The van der Waals surface area contributed by atoms with Crippen molar-refractivity contribution < 1.29 is 22.7 Å². The third-order valence-electron chi connectivity index (χ3n) is 3.92. The number of halogens is 3. The minimum atomic E-state index is -4.39. The Morgan fingerprint density at radius 2 is 1.69 bits per heavy atom. The lowest BCUT2D eigenvalue weighted by atomic mass is 10.1. The molecule has 0 amide bonds. The normalized spacial score (nSPS) is 11.7. The molecule has 0 saturated heterocycles. The van der Waals surface area contributed by atoms with Crippen LogP contribution in [0.25, 0.3) is 6.08 Å². The first kappa shape index (κ1) is 22.0. The predicted molar refractivity (Wildman–Crippen MR) is 98.6 cm³/mol. The van der Waals surface area contributed by atoms with E-state index in [9.17, 15) is 18.0 Å². The summed E-state index contributed by atoms with van der Waals surface area (Å²) in [7, 11) is 0. The highest BCUT2D eigenvalue weighted by molar-refractivity contribution is 5.87. The number of hydrogen-bond donors (Lipinski definition) is 0. The Morgan fingerprint density at radius 3 is 2.35 bits per heavy atom. The van der Waals surface area contributed by atoms with Crippen molar-refractivity contribution in [2.45, 2.75) is 57.5 Å². The Balaban J connectivity index is 2.17. The molecule has 1 aromatic rings. The zero-order valence-corrected chi connectivity index (χ0v) is 15.1. The van der Waals surface area contributed by atoms with Crippen molar-refractivity contribution in [2.75, 3.05) is 6.61 Å². The van der Waals surface area contributed by atoms with Crippen molar-refractivity contribution >= 4 is 12.0 Å². The van der Waals surface area contributed by atoms with E-state index in [2.05, 4.69) is 6.58 Å². The minimum absolute atomic E-state index is 0.313. The van der Waals surface area contributed by atoms with E-state index in [1.54, 1.807) is 0 Å². The van der Waals surface area contributed by atoms with E-state index in [1.165, 1.54) is 43.9 Å². The molecule has 0 fully saturated rings. The van der Waals surface area contributed by atoms with E-state index in [0.717, 1.165) is 43.9 Å². The molecule has 0 aliphatic carbocycles. The standard InChI is InChI=1S/C21H27F3O2/c1-2-3-4-5-6-7-8-9-10-16-26-20(25)15-14-18-12-11-13-19(17-18)21(22,23)24/h2,11-15,17H,1,3-10,16H2/b15-14+. The van der Waals surface area contributed by atoms with Crippen LogP contribution in [0, 0.1) is 0 Å². The van der Waals surface area contributed by atoms with Gasteiger partial charge in [0.1, 0.15) is 0 Å². The Morgan fingerprint density at radius 1 is 1.04 bits per heavy atom. The maximum absolute atomic E-state index is 12.6. The summed E-state index contributed by atoms with van der Waals surface area (Å²) < 4.78 is 42.9. The Labute approximate surface area is 153 Å². The third-order valence-corrected chi connectivity index (χ3v) is 3.92. The molecule has 1 aromatic carbocycles. The second-order valence-electron chi connectivity index (χ2n) is 6.18. The first-order chi connectivity index (χ1) is 12.4. The zero-order valence-electron chi connectivity index (χ0n) is 15.1. The minimum Gasteiger partial charge on any atom is -0.463 e. The Kier molecular flexibility index (Phi) is 10.4. The summed E-state index contributed by atoms with van der Waals surface area (Å²) in [6.45, 7) is 4.03. The van der Waals surface area contributed by atoms with Gasteiger partial charge >= 0.3 is 12.1 Å². The summed E-state index contributed by atoms with van der Waals surface area (Å²) in [5.74, 6) is -0.535. The number of carbonyl (C=O) groups excluding carboxylic acids is 1. The van der Waals surface area contributed by atoms with Crippen LogP contribution in [0.2, 0.25) is 0 Å². The number of ether oxygens (including phenoxy) is 1. The molecule has 0 spiro atoms. The van der Waals surface area contributed by atoms with Crippen LogP contribution in [0.1, 0.15) is 62.5 Å². The molecule has 0 bridgehead atoms. The number of hydrogen-bond acceptors (Lipinski definition) is 2. The van der Waals surface area contributed by atoms with Crippen LogP contribution >= 0.6 is 0 Å². The molecule has 0 radical (unpaired) electrons. The number of unbranched alkanes of at least 4 members (excludes halogenated alkanes) is 7. The van der Waals surface area contributed by atoms with Crippen LogP contribution in [0.15, 0.2) is 43.0 Å². The average molecular weight is 368 g/mol. The number of benzene rings is 1. The first-order valence-electron chi connectivity index (χ1n) is 9.06. The van der Waals surface area contributed by atoms with Gasteiger partial charge in [0.15, 0.2) is 0 Å². The number of esters is 1. The molecule has 0 unspecified atom stereocenters. The molecular formula is C21H27F3O2. The fourth-order valence-electron chi connectivity index (χ4n) is 2.48. The summed E-state index contributed by atoms with van der Waals surface area (Å²) in [4.78, 5) is 11.6. The molecule has 26 heavy (non-hydrogen) atoms. The van der Waals surface area contributed by atoms with Gasteiger partial charge in [0, 0.05) is 6.08 Å². The van der Waals surface area contributed by atoms with Crippen molar-refractivity contribution in [3.05, 3.63) is 54.1 Å². The lowest BCUT2D eigenvalue weighted by molar-refractivity contribution is -0.138. The quantitative estimate of drug-likeness (QED) is 0.180. The van der Waals surface area contributed by atoms with Gasteiger partial charge in [-0.2, -0.15) is 13.2 Å². The third kappa shape index (κ3) is 10.1. The van der Waals surface area contributed by atoms with E-state index >= 15 is 0 Å². The van der Waals surface area contributed by atoms with Crippen LogP contribution in [0.4, 0.5) is 13.2 Å². The highest BCUT2D eigenvalue weighted by atomic mass is 19.4. The van der Waals surface area contributed by atoms with Crippen molar-refractivity contribution in [3.63, 3.8) is 0 Å². The highest BCUT2D eigenvalue weighted by Gasteiger charge is 2.30. The van der Waals surface area contributed by atoms with Crippen LogP contribution in [0.5, 0.6) is 0 Å². The van der Waals surface area contributed by atoms with E-state index in [-0.39, 0.29) is 0 Å². The van der Waals surface area contributed by atoms with Crippen LogP contribution < -0.4 is 0 Å². The molecule has 2 nitrogen and oxygen atoms in total. The van der Waals surface area contributed by atoms with Gasteiger partial charge in [-0.05, 0) is 43.0 Å². The second-order valence-corrected chi connectivity index (χ2v) is 6.18. The van der Waals surface area contributed by atoms with Crippen LogP contribution in [-0.2, 0) is 15.7 Å². The van der Waals surface area contributed by atoms with Crippen molar-refractivity contribution in [1.82, 2.24) is 0 Å². The molecule has 0 heterocycles. The molecule has 1 rings (SSSR count). The van der Waals surface area contributed by atoms with Crippen LogP contribution in [-0.4, -0.2) is 12.6 Å². The smallest absolute Gasteiger partial charge is 0.416 e. The van der Waals surface area contributed by atoms with Gasteiger partial charge in [-0.15, -0.1) is 6.58 Å². The van der Waals surface area contributed by atoms with Gasteiger partial charge in [0.25, 0.3) is 0 Å². The summed E-state index contributed by atoms with van der Waals surface area (Å²) in [6, 6.07) is 4.81. The average Bonchev–Trinajstić information content (AvgIpc) is 2.61. The molecule has 144 valence electrons. The first-order valence-corrected chi connectivity index (χ1v) is 9.06. The van der Waals surface area contributed by atoms with Gasteiger partial charge < -0.3 is 4.74 Å². The van der Waals surface area contributed by atoms with Gasteiger partial charge in [-0.3, -0.25) is 0 Å². The molecule has 0 aliphatic heterocycles. The summed E-state index contributed by atoms with van der Waals surface area (Å²) in [6.07, 6.45) is 8.86. The number of rotatable bonds is 12. The number of alkyl halides is 3. The zero-order chi connectivity index (χ0) is 19.3. The topological polar surface area (TPSA) is 26.3 Å². The maximum Gasteiger partial charge on any atom is 0.416 e. The maximum atomic E-state index is 12.6. The highest BCUT2D eigenvalue weighted by Crippen LogP contribution is 2.29. The van der Waals surface area contributed by atoms with E-state index < -0.39 is 17.7 Å². The van der Waals surface area contributed by atoms with Crippen molar-refractivity contribution in [2.24, 2.45) is 0 Å². The lowest BCUT2D eigenvalue weighted by Crippen LogP contribution is -2.04. The van der Waals surface area contributed by atoms with Gasteiger partial charge in [-0.25, -0.2) is 4.79 Å². The van der Waals surface area contributed by atoms with Gasteiger partial charge in [0.05, 0.1) is 12.2 Å².